The van der Waals surface area contributed by atoms with Crippen molar-refractivity contribution in [3.63, 3.8) is 0 Å². The predicted molar refractivity (Wildman–Crippen MR) is 70.1 cm³/mol. The highest BCUT2D eigenvalue weighted by atomic mass is 16.5. The van der Waals surface area contributed by atoms with Gasteiger partial charge in [-0.1, -0.05) is 13.3 Å². The molecule has 0 aliphatic carbocycles. The lowest BCUT2D eigenvalue weighted by Gasteiger charge is -2.12. The number of hydrogen-bond acceptors (Lipinski definition) is 3. The van der Waals surface area contributed by atoms with Gasteiger partial charge in [-0.25, -0.2) is 0 Å². The van der Waals surface area contributed by atoms with Crippen molar-refractivity contribution in [2.24, 2.45) is 0 Å². The van der Waals surface area contributed by atoms with Crippen molar-refractivity contribution < 1.29 is 4.74 Å². The van der Waals surface area contributed by atoms with Crippen molar-refractivity contribution in [1.29, 1.82) is 0 Å². The Morgan fingerprint density at radius 1 is 1.47 bits per heavy atom. The van der Waals surface area contributed by atoms with E-state index in [1.165, 1.54) is 6.07 Å². The molecule has 1 unspecified atom stereocenters. The van der Waals surface area contributed by atoms with Gasteiger partial charge >= 0.3 is 0 Å². The number of pyridine rings is 1. The Balaban J connectivity index is 2.31. The van der Waals surface area contributed by atoms with Gasteiger partial charge in [0.05, 0.1) is 6.10 Å². The van der Waals surface area contributed by atoms with E-state index < -0.39 is 0 Å². The molecule has 0 bridgehead atoms. The van der Waals surface area contributed by atoms with Crippen molar-refractivity contribution >= 4 is 5.69 Å². The number of rotatable bonds is 7. The molecule has 1 atom stereocenters. The van der Waals surface area contributed by atoms with Crippen molar-refractivity contribution in [1.82, 2.24) is 4.57 Å². The third-order valence-electron chi connectivity index (χ3n) is 2.65. The fourth-order valence-corrected chi connectivity index (χ4v) is 1.73. The van der Waals surface area contributed by atoms with E-state index >= 15 is 0 Å². The van der Waals surface area contributed by atoms with E-state index in [1.807, 2.05) is 0 Å². The van der Waals surface area contributed by atoms with Gasteiger partial charge < -0.3 is 15.0 Å². The first-order chi connectivity index (χ1) is 8.13. The van der Waals surface area contributed by atoms with Crippen LogP contribution in [-0.4, -0.2) is 17.3 Å². The summed E-state index contributed by atoms with van der Waals surface area (Å²) in [4.78, 5) is 11.5. The number of aromatic nitrogens is 1. The van der Waals surface area contributed by atoms with Gasteiger partial charge in [0.1, 0.15) is 0 Å². The average molecular weight is 238 g/mol. The molecule has 4 nitrogen and oxygen atoms in total. The number of nitrogen functional groups attached to an aromatic ring is 1. The quantitative estimate of drug-likeness (QED) is 0.739. The normalized spacial score (nSPS) is 12.6. The molecule has 0 fully saturated rings. The summed E-state index contributed by atoms with van der Waals surface area (Å²) in [5, 5.41) is 0. The molecule has 0 saturated heterocycles. The third kappa shape index (κ3) is 5.04. The molecule has 0 aliphatic rings. The molecule has 1 heterocycles. The molecule has 0 spiro atoms. The molecule has 0 aliphatic heterocycles. The zero-order valence-corrected chi connectivity index (χ0v) is 10.7. The second-order valence-corrected chi connectivity index (χ2v) is 4.32. The fraction of sp³-hybridized carbons (Fsp3) is 0.615. The smallest absolute Gasteiger partial charge is 0.250 e. The minimum absolute atomic E-state index is 0.0131. The lowest BCUT2D eigenvalue weighted by Crippen LogP contribution is -2.20. The van der Waals surface area contributed by atoms with Crippen LogP contribution in [0.25, 0.3) is 0 Å². The van der Waals surface area contributed by atoms with Crippen molar-refractivity contribution in [2.45, 2.75) is 45.8 Å². The Labute approximate surface area is 102 Å². The molecular formula is C13H22N2O2. The van der Waals surface area contributed by atoms with Crippen LogP contribution in [0.3, 0.4) is 0 Å². The molecule has 96 valence electrons. The Kier molecular flexibility index (Phi) is 5.77. The van der Waals surface area contributed by atoms with Crippen LogP contribution in [0.2, 0.25) is 0 Å². The molecule has 1 aromatic heterocycles. The maximum absolute atomic E-state index is 11.5. The molecule has 0 amide bonds. The van der Waals surface area contributed by atoms with E-state index in [4.69, 9.17) is 10.5 Å². The molecule has 1 aromatic rings. The summed E-state index contributed by atoms with van der Waals surface area (Å²) in [5.41, 5.74) is 6.23. The molecule has 17 heavy (non-hydrogen) atoms. The van der Waals surface area contributed by atoms with Gasteiger partial charge in [-0.15, -0.1) is 0 Å². The van der Waals surface area contributed by atoms with Crippen LogP contribution in [0.15, 0.2) is 23.1 Å². The zero-order chi connectivity index (χ0) is 12.7. The monoisotopic (exact) mass is 238 g/mol. The number of nitrogens with zero attached hydrogens (tertiary/aromatic N) is 1. The molecular weight excluding hydrogens is 216 g/mol. The Morgan fingerprint density at radius 3 is 2.94 bits per heavy atom. The van der Waals surface area contributed by atoms with E-state index in [1.54, 1.807) is 16.8 Å². The highest BCUT2D eigenvalue weighted by Crippen LogP contribution is 2.02. The third-order valence-corrected chi connectivity index (χ3v) is 2.65. The maximum Gasteiger partial charge on any atom is 0.250 e. The van der Waals surface area contributed by atoms with Gasteiger partial charge in [-0.2, -0.15) is 0 Å². The summed E-state index contributed by atoms with van der Waals surface area (Å²) < 4.78 is 7.26. The number of anilines is 1. The van der Waals surface area contributed by atoms with Crippen LogP contribution >= 0.6 is 0 Å². The van der Waals surface area contributed by atoms with Crippen LogP contribution in [-0.2, 0) is 11.3 Å². The summed E-state index contributed by atoms with van der Waals surface area (Å²) in [6.45, 7) is 5.56. The van der Waals surface area contributed by atoms with E-state index in [-0.39, 0.29) is 5.56 Å². The highest BCUT2D eigenvalue weighted by Gasteiger charge is 2.01. The van der Waals surface area contributed by atoms with Crippen molar-refractivity contribution in [3.05, 3.63) is 28.7 Å². The van der Waals surface area contributed by atoms with E-state index in [2.05, 4.69) is 13.8 Å². The Hall–Kier alpha value is -1.29. The first-order valence-electron chi connectivity index (χ1n) is 6.21. The fourth-order valence-electron chi connectivity index (χ4n) is 1.73. The van der Waals surface area contributed by atoms with Gasteiger partial charge in [-0.05, 0) is 25.8 Å². The first-order valence-corrected chi connectivity index (χ1v) is 6.21. The van der Waals surface area contributed by atoms with E-state index in [0.29, 0.717) is 24.9 Å². The van der Waals surface area contributed by atoms with Gasteiger partial charge in [-0.3, -0.25) is 4.79 Å². The van der Waals surface area contributed by atoms with Crippen LogP contribution < -0.4 is 11.3 Å². The largest absolute Gasteiger partial charge is 0.398 e. The highest BCUT2D eigenvalue weighted by molar-refractivity contribution is 5.33. The van der Waals surface area contributed by atoms with Gasteiger partial charge in [0.2, 0.25) is 0 Å². The molecule has 4 heteroatoms. The minimum atomic E-state index is -0.0131. The summed E-state index contributed by atoms with van der Waals surface area (Å²) in [5.74, 6) is 0. The van der Waals surface area contributed by atoms with Gasteiger partial charge in [0.25, 0.3) is 5.56 Å². The summed E-state index contributed by atoms with van der Waals surface area (Å²) in [7, 11) is 0. The maximum atomic E-state index is 11.5. The summed E-state index contributed by atoms with van der Waals surface area (Å²) in [6, 6.07) is 3.12. The van der Waals surface area contributed by atoms with Crippen molar-refractivity contribution in [2.75, 3.05) is 12.3 Å². The molecule has 1 rings (SSSR count). The summed E-state index contributed by atoms with van der Waals surface area (Å²) in [6.07, 6.45) is 5.03. The number of nitrogens with two attached hydrogens (primary N) is 1. The minimum Gasteiger partial charge on any atom is -0.398 e. The van der Waals surface area contributed by atoms with Gasteiger partial charge in [0, 0.05) is 31.1 Å². The lowest BCUT2D eigenvalue weighted by molar-refractivity contribution is 0.0562. The summed E-state index contributed by atoms with van der Waals surface area (Å²) >= 11 is 0. The van der Waals surface area contributed by atoms with Crippen molar-refractivity contribution in [3.8, 4) is 0 Å². The second kappa shape index (κ2) is 7.12. The number of aryl methyl sites for hydroxylation is 1. The molecule has 0 aromatic carbocycles. The van der Waals surface area contributed by atoms with E-state index in [0.717, 1.165) is 19.3 Å². The van der Waals surface area contributed by atoms with E-state index in [9.17, 15) is 4.79 Å². The second-order valence-electron chi connectivity index (χ2n) is 4.32. The lowest BCUT2D eigenvalue weighted by atomic mass is 10.2. The Morgan fingerprint density at radius 2 is 2.24 bits per heavy atom. The van der Waals surface area contributed by atoms with Crippen LogP contribution in [0.1, 0.15) is 33.1 Å². The van der Waals surface area contributed by atoms with Crippen LogP contribution in [0.5, 0.6) is 0 Å². The average Bonchev–Trinajstić information content (AvgIpc) is 2.29. The van der Waals surface area contributed by atoms with Gasteiger partial charge in [0.15, 0.2) is 0 Å². The van der Waals surface area contributed by atoms with Crippen LogP contribution in [0, 0.1) is 0 Å². The van der Waals surface area contributed by atoms with Crippen LogP contribution in [0.4, 0.5) is 5.69 Å². The number of ether oxygens (including phenoxy) is 1. The Bertz CT molecular complexity index is 387. The zero-order valence-electron chi connectivity index (χ0n) is 10.7. The molecule has 0 radical (unpaired) electrons. The first kappa shape index (κ1) is 13.8. The molecule has 0 saturated carbocycles. The predicted octanol–water partition coefficient (Wildman–Crippen LogP) is 2.03. The number of hydrogen-bond donors (Lipinski definition) is 1. The SMILES string of the molecule is CCCC(C)OCCCn1cc(N)ccc1=O. The molecule has 2 N–H and O–H groups in total. The topological polar surface area (TPSA) is 57.2 Å². The standard InChI is InChI=1S/C13H22N2O2/c1-3-5-11(2)17-9-4-8-15-10-12(14)6-7-13(15)16/h6-7,10-11H,3-5,8-9,14H2,1-2H3.